The molecular formula is C30H41N3O2Si. The summed E-state index contributed by atoms with van der Waals surface area (Å²) in [6.07, 6.45) is 4.29. The van der Waals surface area contributed by atoms with Gasteiger partial charge in [-0.05, 0) is 48.7 Å². The Kier molecular flexibility index (Phi) is 8.83. The molecule has 0 bridgehead atoms. The van der Waals surface area contributed by atoms with E-state index in [0.29, 0.717) is 6.73 Å². The number of benzene rings is 2. The third-order valence-corrected chi connectivity index (χ3v) is 8.58. The topological polar surface area (TPSA) is 39.5 Å². The van der Waals surface area contributed by atoms with Gasteiger partial charge in [0.2, 0.25) is 0 Å². The molecule has 0 N–H and O–H groups in total. The summed E-state index contributed by atoms with van der Waals surface area (Å²) in [4.78, 5) is 7.74. The number of methoxy groups -OCH3 is 1. The van der Waals surface area contributed by atoms with Gasteiger partial charge in [-0.2, -0.15) is 0 Å². The predicted molar refractivity (Wildman–Crippen MR) is 152 cm³/mol. The molecule has 0 spiro atoms. The first-order valence-electron chi connectivity index (χ1n) is 13.1. The van der Waals surface area contributed by atoms with Crippen LogP contribution in [-0.2, 0) is 18.0 Å². The molecule has 1 aliphatic rings. The SMILES string of the molecule is CCC1=C(c2nc(-c3ccc(OC)cc3)cn2COCC[Si](C)(C)C)CN(Cc2ccccc2)CC1. The van der Waals surface area contributed by atoms with Crippen LogP contribution in [0.3, 0.4) is 0 Å². The third-order valence-electron chi connectivity index (χ3n) is 6.87. The first kappa shape index (κ1) is 26.4. The quantitative estimate of drug-likeness (QED) is 0.210. The van der Waals surface area contributed by atoms with E-state index in [0.717, 1.165) is 68.0 Å². The Morgan fingerprint density at radius 1 is 1.00 bits per heavy atom. The monoisotopic (exact) mass is 503 g/mol. The third kappa shape index (κ3) is 6.96. The summed E-state index contributed by atoms with van der Waals surface area (Å²) in [7, 11) is 0.558. The molecule has 0 fully saturated rings. The standard InChI is InChI=1S/C30H41N3O2Si/c1-6-25-16-17-32(20-24-10-8-7-9-11-24)21-28(25)30-31-29(26-12-14-27(34-2)15-13-26)22-33(30)23-35-18-19-36(3,4)5/h7-15,22H,6,16-21,23H2,1-5H3. The lowest BCUT2D eigenvalue weighted by atomic mass is 9.96. The summed E-state index contributed by atoms with van der Waals surface area (Å²) in [6.45, 7) is 13.7. The summed E-state index contributed by atoms with van der Waals surface area (Å²) in [5.74, 6) is 1.90. The zero-order chi connectivity index (χ0) is 25.5. The number of hydrogen-bond acceptors (Lipinski definition) is 4. The van der Waals surface area contributed by atoms with Gasteiger partial charge in [0, 0.05) is 51.6 Å². The summed E-state index contributed by atoms with van der Waals surface area (Å²) < 4.78 is 13.8. The van der Waals surface area contributed by atoms with Gasteiger partial charge in [0.25, 0.3) is 0 Å². The van der Waals surface area contributed by atoms with E-state index in [-0.39, 0.29) is 0 Å². The minimum absolute atomic E-state index is 0.530. The zero-order valence-electron chi connectivity index (χ0n) is 22.6. The fourth-order valence-electron chi connectivity index (χ4n) is 4.65. The van der Waals surface area contributed by atoms with Crippen molar-refractivity contribution >= 4 is 13.6 Å². The van der Waals surface area contributed by atoms with Crippen LogP contribution in [0.4, 0.5) is 0 Å². The van der Waals surface area contributed by atoms with Crippen molar-refractivity contribution in [2.45, 2.75) is 58.7 Å². The molecule has 36 heavy (non-hydrogen) atoms. The lowest BCUT2D eigenvalue weighted by molar-refractivity contribution is 0.0864. The first-order valence-corrected chi connectivity index (χ1v) is 16.8. The average molecular weight is 504 g/mol. The zero-order valence-corrected chi connectivity index (χ0v) is 23.6. The second-order valence-electron chi connectivity index (χ2n) is 10.9. The number of rotatable bonds is 11. The van der Waals surface area contributed by atoms with Crippen LogP contribution in [0.2, 0.25) is 25.7 Å². The highest BCUT2D eigenvalue weighted by Gasteiger charge is 2.24. The van der Waals surface area contributed by atoms with Gasteiger partial charge >= 0.3 is 0 Å². The van der Waals surface area contributed by atoms with Crippen LogP contribution in [-0.4, -0.2) is 49.3 Å². The van der Waals surface area contributed by atoms with Crippen molar-refractivity contribution in [2.24, 2.45) is 0 Å². The molecule has 192 valence electrons. The molecule has 0 atom stereocenters. The number of hydrogen-bond donors (Lipinski definition) is 0. The molecule has 0 saturated carbocycles. The molecular weight excluding hydrogens is 462 g/mol. The van der Waals surface area contributed by atoms with Crippen LogP contribution in [0, 0.1) is 0 Å². The Morgan fingerprint density at radius 3 is 2.42 bits per heavy atom. The van der Waals surface area contributed by atoms with Crippen LogP contribution in [0.25, 0.3) is 16.8 Å². The van der Waals surface area contributed by atoms with Crippen LogP contribution >= 0.6 is 0 Å². The number of aromatic nitrogens is 2. The van der Waals surface area contributed by atoms with Gasteiger partial charge in [0.1, 0.15) is 18.3 Å². The number of imidazole rings is 1. The molecule has 0 saturated heterocycles. The highest BCUT2D eigenvalue weighted by atomic mass is 28.3. The smallest absolute Gasteiger partial charge is 0.139 e. The second kappa shape index (κ2) is 12.0. The highest BCUT2D eigenvalue weighted by Crippen LogP contribution is 2.31. The van der Waals surface area contributed by atoms with Crippen molar-refractivity contribution in [3.05, 3.63) is 77.8 Å². The summed E-state index contributed by atoms with van der Waals surface area (Å²) in [5.41, 5.74) is 6.29. The van der Waals surface area contributed by atoms with E-state index >= 15 is 0 Å². The number of nitrogens with zero attached hydrogens (tertiary/aromatic N) is 3. The molecule has 2 heterocycles. The average Bonchev–Trinajstić information content (AvgIpc) is 3.31. The van der Waals surface area contributed by atoms with Crippen molar-refractivity contribution in [2.75, 3.05) is 26.8 Å². The Hall–Kier alpha value is -2.67. The van der Waals surface area contributed by atoms with Gasteiger partial charge in [-0.1, -0.05) is 62.5 Å². The molecule has 1 aromatic heterocycles. The molecule has 0 aliphatic carbocycles. The van der Waals surface area contributed by atoms with Crippen molar-refractivity contribution in [3.8, 4) is 17.0 Å². The van der Waals surface area contributed by atoms with E-state index in [1.165, 1.54) is 16.7 Å². The van der Waals surface area contributed by atoms with Crippen LogP contribution < -0.4 is 4.74 Å². The molecule has 0 unspecified atom stereocenters. The number of ether oxygens (including phenoxy) is 2. The van der Waals surface area contributed by atoms with E-state index < -0.39 is 8.07 Å². The second-order valence-corrected chi connectivity index (χ2v) is 16.5. The van der Waals surface area contributed by atoms with Crippen molar-refractivity contribution in [3.63, 3.8) is 0 Å². The maximum Gasteiger partial charge on any atom is 0.139 e. The minimum atomic E-state index is -1.14. The lowest BCUT2D eigenvalue weighted by Crippen LogP contribution is -2.31. The van der Waals surface area contributed by atoms with E-state index in [9.17, 15) is 0 Å². The maximum absolute atomic E-state index is 6.21. The van der Waals surface area contributed by atoms with Gasteiger partial charge < -0.3 is 14.0 Å². The Balaban J connectivity index is 1.62. The Bertz CT molecular complexity index is 1150. The molecule has 2 aromatic carbocycles. The summed E-state index contributed by atoms with van der Waals surface area (Å²) >= 11 is 0. The van der Waals surface area contributed by atoms with Gasteiger partial charge in [-0.15, -0.1) is 0 Å². The normalized spacial score (nSPS) is 14.9. The maximum atomic E-state index is 6.21. The molecule has 4 rings (SSSR count). The lowest BCUT2D eigenvalue weighted by Gasteiger charge is -2.31. The van der Waals surface area contributed by atoms with Gasteiger partial charge in [0.05, 0.1) is 12.8 Å². The van der Waals surface area contributed by atoms with E-state index in [1.807, 2.05) is 12.1 Å². The van der Waals surface area contributed by atoms with E-state index in [2.05, 4.69) is 84.7 Å². The highest BCUT2D eigenvalue weighted by molar-refractivity contribution is 6.76. The van der Waals surface area contributed by atoms with Crippen molar-refractivity contribution in [1.29, 1.82) is 0 Å². The summed E-state index contributed by atoms with van der Waals surface area (Å²) in [5, 5.41) is 0. The largest absolute Gasteiger partial charge is 0.497 e. The minimum Gasteiger partial charge on any atom is -0.497 e. The Morgan fingerprint density at radius 2 is 1.75 bits per heavy atom. The fourth-order valence-corrected chi connectivity index (χ4v) is 5.41. The molecule has 0 radical (unpaired) electrons. The molecule has 0 amide bonds. The molecule has 6 heteroatoms. The molecule has 1 aliphatic heterocycles. The molecule has 5 nitrogen and oxygen atoms in total. The van der Waals surface area contributed by atoms with Gasteiger partial charge in [-0.25, -0.2) is 4.98 Å². The first-order chi connectivity index (χ1) is 17.4. The van der Waals surface area contributed by atoms with Crippen LogP contribution in [0.15, 0.2) is 66.4 Å². The molecule has 3 aromatic rings. The van der Waals surface area contributed by atoms with E-state index in [1.54, 1.807) is 7.11 Å². The van der Waals surface area contributed by atoms with E-state index in [4.69, 9.17) is 14.5 Å². The van der Waals surface area contributed by atoms with Gasteiger partial charge in [-0.3, -0.25) is 4.90 Å². The fraction of sp³-hybridized carbons (Fsp3) is 0.433. The van der Waals surface area contributed by atoms with Crippen molar-refractivity contribution in [1.82, 2.24) is 14.5 Å². The van der Waals surface area contributed by atoms with Gasteiger partial charge in [0.15, 0.2) is 0 Å². The van der Waals surface area contributed by atoms with Crippen molar-refractivity contribution < 1.29 is 9.47 Å². The summed E-state index contributed by atoms with van der Waals surface area (Å²) in [6, 6.07) is 20.1. The predicted octanol–water partition coefficient (Wildman–Crippen LogP) is 6.94. The Labute approximate surface area is 217 Å². The van der Waals surface area contributed by atoms with Crippen LogP contribution in [0.1, 0.15) is 31.2 Å². The van der Waals surface area contributed by atoms with Crippen LogP contribution in [0.5, 0.6) is 5.75 Å².